The van der Waals surface area contributed by atoms with Crippen molar-refractivity contribution < 1.29 is 9.53 Å². The zero-order valence-corrected chi connectivity index (χ0v) is 11.9. The van der Waals surface area contributed by atoms with E-state index in [1.807, 2.05) is 0 Å². The largest absolute Gasteiger partial charge is 0.379 e. The van der Waals surface area contributed by atoms with Crippen LogP contribution in [0.5, 0.6) is 0 Å². The Morgan fingerprint density at radius 2 is 2.22 bits per heavy atom. The Labute approximate surface area is 117 Å². The minimum Gasteiger partial charge on any atom is -0.379 e. The fourth-order valence-corrected chi connectivity index (χ4v) is 1.47. The first-order valence-corrected chi connectivity index (χ1v) is 6.43. The van der Waals surface area contributed by atoms with Crippen molar-refractivity contribution in [3.8, 4) is 0 Å². The van der Waals surface area contributed by atoms with Gasteiger partial charge in [0, 0.05) is 19.3 Å². The summed E-state index contributed by atoms with van der Waals surface area (Å²) in [5.41, 5.74) is 0.383. The van der Waals surface area contributed by atoms with Gasteiger partial charge in [0.05, 0.1) is 17.2 Å². The number of nitrogens with zero attached hydrogens (tertiary/aromatic N) is 1. The molecule has 0 saturated heterocycles. The fraction of sp³-hybridized carbons (Fsp3) is 0.500. The Hall–Kier alpha value is -0.840. The number of pyridine rings is 1. The van der Waals surface area contributed by atoms with Crippen LogP contribution in [-0.2, 0) is 4.74 Å². The molecule has 0 aliphatic heterocycles. The van der Waals surface area contributed by atoms with Crippen molar-refractivity contribution in [3.63, 3.8) is 0 Å². The van der Waals surface area contributed by atoms with Crippen LogP contribution in [0.2, 0.25) is 10.2 Å². The Kier molecular flexibility index (Phi) is 6.39. The molecule has 0 aliphatic rings. The lowest BCUT2D eigenvalue weighted by atomic mass is 10.2. The van der Waals surface area contributed by atoms with Crippen molar-refractivity contribution in [2.75, 3.05) is 19.8 Å². The van der Waals surface area contributed by atoms with Gasteiger partial charge in [-0.3, -0.25) is 4.79 Å². The van der Waals surface area contributed by atoms with Crippen LogP contribution in [0.15, 0.2) is 12.3 Å². The molecule has 0 spiro atoms. The summed E-state index contributed by atoms with van der Waals surface area (Å²) >= 11 is 11.4. The number of ether oxygens (including phenoxy) is 1. The maximum Gasteiger partial charge on any atom is 0.252 e. The molecule has 100 valence electrons. The third kappa shape index (κ3) is 5.21. The second-order valence-corrected chi connectivity index (χ2v) is 4.99. The van der Waals surface area contributed by atoms with Gasteiger partial charge in [0.2, 0.25) is 0 Å². The number of hydrogen-bond donors (Lipinski definition) is 1. The third-order valence-electron chi connectivity index (χ3n) is 2.04. The van der Waals surface area contributed by atoms with Crippen molar-refractivity contribution in [2.45, 2.75) is 13.8 Å². The lowest BCUT2D eigenvalue weighted by Crippen LogP contribution is -2.27. The molecule has 4 nitrogen and oxygen atoms in total. The molecule has 0 fully saturated rings. The van der Waals surface area contributed by atoms with E-state index in [4.69, 9.17) is 27.9 Å². The highest BCUT2D eigenvalue weighted by atomic mass is 35.5. The van der Waals surface area contributed by atoms with Gasteiger partial charge < -0.3 is 10.1 Å². The van der Waals surface area contributed by atoms with Crippen LogP contribution in [0.25, 0.3) is 0 Å². The molecule has 1 amide bonds. The van der Waals surface area contributed by atoms with Crippen molar-refractivity contribution in [2.24, 2.45) is 5.92 Å². The van der Waals surface area contributed by atoms with E-state index >= 15 is 0 Å². The van der Waals surface area contributed by atoms with Crippen LogP contribution >= 0.6 is 23.2 Å². The average molecular weight is 291 g/mol. The number of amides is 1. The van der Waals surface area contributed by atoms with E-state index in [0.29, 0.717) is 31.2 Å². The summed E-state index contributed by atoms with van der Waals surface area (Å²) in [7, 11) is 0. The number of aromatic nitrogens is 1. The summed E-state index contributed by atoms with van der Waals surface area (Å²) in [5, 5.41) is 3.17. The molecule has 18 heavy (non-hydrogen) atoms. The smallest absolute Gasteiger partial charge is 0.252 e. The van der Waals surface area contributed by atoms with E-state index in [1.54, 1.807) is 0 Å². The van der Waals surface area contributed by atoms with E-state index in [0.717, 1.165) is 0 Å². The molecule has 0 aliphatic carbocycles. The maximum atomic E-state index is 11.7. The predicted octanol–water partition coefficient (Wildman–Crippen LogP) is 2.79. The molecule has 0 radical (unpaired) electrons. The Morgan fingerprint density at radius 3 is 2.83 bits per heavy atom. The number of rotatable bonds is 6. The zero-order valence-electron chi connectivity index (χ0n) is 10.4. The van der Waals surface area contributed by atoms with Crippen molar-refractivity contribution in [1.29, 1.82) is 0 Å². The highest BCUT2D eigenvalue weighted by molar-refractivity contribution is 6.41. The van der Waals surface area contributed by atoms with Gasteiger partial charge in [-0.25, -0.2) is 4.98 Å². The molecule has 0 saturated carbocycles. The molecule has 1 heterocycles. The molecule has 1 rings (SSSR count). The molecule has 6 heteroatoms. The van der Waals surface area contributed by atoms with Crippen LogP contribution in [-0.4, -0.2) is 30.6 Å². The summed E-state index contributed by atoms with van der Waals surface area (Å²) in [6, 6.07) is 1.49. The molecule has 1 aromatic heterocycles. The molecular weight excluding hydrogens is 275 g/mol. The Balaban J connectivity index is 2.34. The van der Waals surface area contributed by atoms with Crippen molar-refractivity contribution in [3.05, 3.63) is 28.0 Å². The van der Waals surface area contributed by atoms with Gasteiger partial charge in [-0.2, -0.15) is 0 Å². The summed E-state index contributed by atoms with van der Waals surface area (Å²) in [5.74, 6) is 0.245. The minimum atomic E-state index is -0.241. The second-order valence-electron chi connectivity index (χ2n) is 4.22. The Bertz CT molecular complexity index is 411. The molecule has 1 N–H and O–H groups in total. The molecule has 0 unspecified atom stereocenters. The summed E-state index contributed by atoms with van der Waals surface area (Å²) in [6.45, 7) is 5.76. The highest BCUT2D eigenvalue weighted by Gasteiger charge is 2.08. The number of carbonyl (C=O) groups is 1. The van der Waals surface area contributed by atoms with Crippen molar-refractivity contribution in [1.82, 2.24) is 10.3 Å². The number of halogens is 2. The molecule has 1 aromatic rings. The third-order valence-corrected chi connectivity index (χ3v) is 2.73. The maximum absolute atomic E-state index is 11.7. The van der Waals surface area contributed by atoms with Gasteiger partial charge in [-0.15, -0.1) is 0 Å². The van der Waals surface area contributed by atoms with Gasteiger partial charge in [-0.05, 0) is 12.0 Å². The van der Waals surface area contributed by atoms with Gasteiger partial charge in [0.15, 0.2) is 0 Å². The molecule has 0 aromatic carbocycles. The van der Waals surface area contributed by atoms with Gasteiger partial charge in [0.1, 0.15) is 5.15 Å². The van der Waals surface area contributed by atoms with E-state index in [1.165, 1.54) is 12.3 Å². The second kappa shape index (κ2) is 7.56. The quantitative estimate of drug-likeness (QED) is 0.647. The topological polar surface area (TPSA) is 51.2 Å². The van der Waals surface area contributed by atoms with Crippen LogP contribution in [0.3, 0.4) is 0 Å². The van der Waals surface area contributed by atoms with Gasteiger partial charge in [-0.1, -0.05) is 37.0 Å². The molecule has 0 atom stereocenters. The van der Waals surface area contributed by atoms with Crippen LogP contribution in [0.1, 0.15) is 24.2 Å². The van der Waals surface area contributed by atoms with E-state index in [-0.39, 0.29) is 16.1 Å². The summed E-state index contributed by atoms with van der Waals surface area (Å²) in [6.07, 6.45) is 1.39. The average Bonchev–Trinajstić information content (AvgIpc) is 2.31. The SMILES string of the molecule is CC(C)COCCNC(=O)c1cnc(Cl)c(Cl)c1. The highest BCUT2D eigenvalue weighted by Crippen LogP contribution is 2.19. The van der Waals surface area contributed by atoms with Gasteiger partial charge in [0.25, 0.3) is 5.91 Å². The summed E-state index contributed by atoms with van der Waals surface area (Å²) < 4.78 is 5.35. The van der Waals surface area contributed by atoms with Crippen LogP contribution in [0, 0.1) is 5.92 Å². The van der Waals surface area contributed by atoms with E-state index in [9.17, 15) is 4.79 Å². The number of hydrogen-bond acceptors (Lipinski definition) is 3. The zero-order chi connectivity index (χ0) is 13.5. The molecule has 0 bridgehead atoms. The van der Waals surface area contributed by atoms with Crippen LogP contribution in [0.4, 0.5) is 0 Å². The monoisotopic (exact) mass is 290 g/mol. The molecular formula is C12H16Cl2N2O2. The van der Waals surface area contributed by atoms with Crippen LogP contribution < -0.4 is 5.32 Å². The standard InChI is InChI=1S/C12H16Cl2N2O2/c1-8(2)7-18-4-3-15-12(17)9-5-10(13)11(14)16-6-9/h5-6,8H,3-4,7H2,1-2H3,(H,15,17). The minimum absolute atomic E-state index is 0.188. The first-order valence-electron chi connectivity index (χ1n) is 5.67. The lowest BCUT2D eigenvalue weighted by Gasteiger charge is -2.08. The number of carbonyl (C=O) groups excluding carboxylic acids is 1. The summed E-state index contributed by atoms with van der Waals surface area (Å²) in [4.78, 5) is 15.5. The predicted molar refractivity (Wildman–Crippen MR) is 72.2 cm³/mol. The van der Waals surface area contributed by atoms with E-state index < -0.39 is 0 Å². The Morgan fingerprint density at radius 1 is 1.50 bits per heavy atom. The van der Waals surface area contributed by atoms with E-state index in [2.05, 4.69) is 24.1 Å². The normalized spacial score (nSPS) is 10.7. The van der Waals surface area contributed by atoms with Gasteiger partial charge >= 0.3 is 0 Å². The first-order chi connectivity index (χ1) is 8.50. The number of nitrogens with one attached hydrogen (secondary N) is 1. The lowest BCUT2D eigenvalue weighted by molar-refractivity contribution is 0.0886. The fourth-order valence-electron chi connectivity index (χ4n) is 1.20. The van der Waals surface area contributed by atoms with Crippen molar-refractivity contribution >= 4 is 29.1 Å². The first kappa shape index (κ1) is 15.2.